The van der Waals surface area contributed by atoms with Gasteiger partial charge in [-0.25, -0.2) is 4.99 Å². The maximum atomic E-state index is 10.2. The van der Waals surface area contributed by atoms with Crippen molar-refractivity contribution in [2.45, 2.75) is 13.2 Å². The smallest absolute Gasteiger partial charge is 0.228 e. The molecule has 0 aromatic carbocycles. The number of halogens is 1. The van der Waals surface area contributed by atoms with Gasteiger partial charge in [0, 0.05) is 23.9 Å². The van der Waals surface area contributed by atoms with Gasteiger partial charge in [0.15, 0.2) is 12.4 Å². The van der Waals surface area contributed by atoms with Gasteiger partial charge < -0.3 is 0 Å². The largest absolute Gasteiger partial charge is 0.240 e. The number of nitrogens with zero attached hydrogens (tertiary/aromatic N) is 4. The summed E-state index contributed by atoms with van der Waals surface area (Å²) in [6, 6.07) is 3.62. The van der Waals surface area contributed by atoms with E-state index in [1.54, 1.807) is 18.4 Å². The van der Waals surface area contributed by atoms with Crippen LogP contribution in [0.1, 0.15) is 5.56 Å². The van der Waals surface area contributed by atoms with Crippen LogP contribution in [0.5, 0.6) is 0 Å². The second-order valence-electron chi connectivity index (χ2n) is 3.80. The standard InChI is InChI=1S/C13H14ClN4O2/c14-5-1-12(9-16-19)2-6-15-11-18-7-3-13(4-8-18)10-17-20/h1-8H,9-11H2/q+1/b5-1?,12-2+,15-6?. The Labute approximate surface area is 121 Å². The predicted molar refractivity (Wildman–Crippen MR) is 78.4 cm³/mol. The summed E-state index contributed by atoms with van der Waals surface area (Å²) < 4.78 is 1.84. The maximum Gasteiger partial charge on any atom is 0.240 e. The van der Waals surface area contributed by atoms with E-state index in [4.69, 9.17) is 11.6 Å². The Kier molecular flexibility index (Phi) is 7.67. The van der Waals surface area contributed by atoms with Crippen molar-refractivity contribution in [2.75, 3.05) is 6.54 Å². The lowest BCUT2D eigenvalue weighted by atomic mass is 10.2. The van der Waals surface area contributed by atoms with Crippen LogP contribution in [0, 0.1) is 9.81 Å². The first-order valence-corrected chi connectivity index (χ1v) is 6.25. The van der Waals surface area contributed by atoms with E-state index >= 15 is 0 Å². The number of nitroso groups, excluding NO2 is 2. The van der Waals surface area contributed by atoms with Crippen molar-refractivity contribution >= 4 is 17.8 Å². The molecule has 0 bridgehead atoms. The molecule has 1 heterocycles. The van der Waals surface area contributed by atoms with E-state index in [1.165, 1.54) is 5.54 Å². The van der Waals surface area contributed by atoms with Crippen LogP contribution in [0.15, 0.2) is 63.1 Å². The van der Waals surface area contributed by atoms with E-state index in [9.17, 15) is 9.81 Å². The zero-order valence-corrected chi connectivity index (χ0v) is 11.5. The first kappa shape index (κ1) is 15.8. The summed E-state index contributed by atoms with van der Waals surface area (Å²) >= 11 is 5.44. The highest BCUT2D eigenvalue weighted by Gasteiger charge is 1.98. The van der Waals surface area contributed by atoms with E-state index in [0.29, 0.717) is 12.2 Å². The van der Waals surface area contributed by atoms with Gasteiger partial charge in [-0.3, -0.25) is 0 Å². The number of aromatic nitrogens is 1. The SMILES string of the molecule is O=NC/C(C=CCl)=C/C=NC[n+]1ccc(CN=O)cc1. The lowest BCUT2D eigenvalue weighted by Crippen LogP contribution is -2.31. The van der Waals surface area contributed by atoms with Crippen molar-refractivity contribution in [2.24, 2.45) is 15.3 Å². The summed E-state index contributed by atoms with van der Waals surface area (Å²) in [4.78, 5) is 24.5. The molecule has 0 saturated carbocycles. The van der Waals surface area contributed by atoms with Crippen LogP contribution in [0.2, 0.25) is 0 Å². The van der Waals surface area contributed by atoms with Gasteiger partial charge in [0.1, 0.15) is 13.1 Å². The van der Waals surface area contributed by atoms with Gasteiger partial charge in [0.05, 0.1) is 0 Å². The summed E-state index contributed by atoms with van der Waals surface area (Å²) in [7, 11) is 0. The van der Waals surface area contributed by atoms with Crippen LogP contribution in [0.25, 0.3) is 0 Å². The molecule has 0 aliphatic carbocycles. The summed E-state index contributed by atoms with van der Waals surface area (Å²) in [6.07, 6.45) is 8.47. The first-order chi connectivity index (χ1) is 9.80. The maximum absolute atomic E-state index is 10.2. The van der Waals surface area contributed by atoms with E-state index in [0.717, 1.165) is 5.56 Å². The fourth-order valence-electron chi connectivity index (χ4n) is 1.37. The molecule has 0 spiro atoms. The zero-order valence-electron chi connectivity index (χ0n) is 10.7. The number of allylic oxidation sites excluding steroid dienone is 1. The van der Waals surface area contributed by atoms with Crippen LogP contribution in [0.3, 0.4) is 0 Å². The van der Waals surface area contributed by atoms with Crippen LogP contribution in [-0.4, -0.2) is 12.8 Å². The number of pyridine rings is 1. The third-order valence-corrected chi connectivity index (χ3v) is 2.50. The Morgan fingerprint density at radius 1 is 1.25 bits per heavy atom. The highest BCUT2D eigenvalue weighted by Crippen LogP contribution is 1.98. The van der Waals surface area contributed by atoms with Crippen molar-refractivity contribution in [1.82, 2.24) is 0 Å². The lowest BCUT2D eigenvalue weighted by Gasteiger charge is -1.94. The van der Waals surface area contributed by atoms with Crippen LogP contribution in [0.4, 0.5) is 0 Å². The van der Waals surface area contributed by atoms with Crippen molar-refractivity contribution in [3.63, 3.8) is 0 Å². The van der Waals surface area contributed by atoms with E-state index in [1.807, 2.05) is 29.1 Å². The Morgan fingerprint density at radius 2 is 2.00 bits per heavy atom. The Balaban J connectivity index is 2.56. The molecule has 0 radical (unpaired) electrons. The highest BCUT2D eigenvalue weighted by atomic mass is 35.5. The fourth-order valence-corrected chi connectivity index (χ4v) is 1.53. The van der Waals surface area contributed by atoms with Gasteiger partial charge in [-0.05, 0) is 23.3 Å². The number of hydrogen-bond donors (Lipinski definition) is 0. The molecule has 104 valence electrons. The summed E-state index contributed by atoms with van der Waals surface area (Å²) in [5, 5.41) is 5.61. The molecule has 1 aromatic rings. The number of rotatable bonds is 8. The van der Waals surface area contributed by atoms with Gasteiger partial charge in [0.2, 0.25) is 6.67 Å². The predicted octanol–water partition coefficient (Wildman–Crippen LogP) is 2.71. The monoisotopic (exact) mass is 293 g/mol. The molecule has 7 heteroatoms. The molecule has 0 amide bonds. The fraction of sp³-hybridized carbons (Fsp3) is 0.231. The van der Waals surface area contributed by atoms with Gasteiger partial charge in [-0.1, -0.05) is 22.0 Å². The molecule has 1 aromatic heterocycles. The van der Waals surface area contributed by atoms with Crippen LogP contribution >= 0.6 is 11.6 Å². The molecule has 0 fully saturated rings. The van der Waals surface area contributed by atoms with Crippen molar-refractivity contribution in [1.29, 1.82) is 0 Å². The van der Waals surface area contributed by atoms with Gasteiger partial charge in [-0.15, -0.1) is 0 Å². The molecule has 0 aliphatic rings. The minimum Gasteiger partial charge on any atom is -0.228 e. The molecule has 6 nitrogen and oxygen atoms in total. The van der Waals surface area contributed by atoms with Crippen LogP contribution in [-0.2, 0) is 13.2 Å². The summed E-state index contributed by atoms with van der Waals surface area (Å²) in [5.41, 5.74) is 2.85. The third-order valence-electron chi connectivity index (χ3n) is 2.37. The molecular formula is C13H14ClN4O2+. The molecule has 0 saturated heterocycles. The molecule has 0 N–H and O–H groups in total. The van der Waals surface area contributed by atoms with Gasteiger partial charge >= 0.3 is 0 Å². The lowest BCUT2D eigenvalue weighted by molar-refractivity contribution is -0.695. The molecule has 1 rings (SSSR count). The van der Waals surface area contributed by atoms with Gasteiger partial charge in [0.25, 0.3) is 0 Å². The topological polar surface area (TPSA) is 75.1 Å². The second kappa shape index (κ2) is 9.69. The molecule has 0 unspecified atom stereocenters. The van der Waals surface area contributed by atoms with Crippen molar-refractivity contribution in [3.8, 4) is 0 Å². The molecule has 0 atom stereocenters. The van der Waals surface area contributed by atoms with E-state index < -0.39 is 0 Å². The van der Waals surface area contributed by atoms with Crippen molar-refractivity contribution < 1.29 is 4.57 Å². The molecular weight excluding hydrogens is 280 g/mol. The zero-order chi connectivity index (χ0) is 14.6. The average Bonchev–Trinajstić information content (AvgIpc) is 2.46. The van der Waals surface area contributed by atoms with Gasteiger partial charge in [-0.2, -0.15) is 14.4 Å². The third kappa shape index (κ3) is 6.10. The van der Waals surface area contributed by atoms with E-state index in [2.05, 4.69) is 15.3 Å². The molecule has 0 aliphatic heterocycles. The van der Waals surface area contributed by atoms with E-state index in [-0.39, 0.29) is 13.1 Å². The second-order valence-corrected chi connectivity index (χ2v) is 4.05. The van der Waals surface area contributed by atoms with Crippen LogP contribution < -0.4 is 4.57 Å². The number of aliphatic imine (C=N–C) groups is 1. The Morgan fingerprint density at radius 3 is 2.60 bits per heavy atom. The minimum absolute atomic E-state index is 0.0514. The normalized spacial score (nSPS) is 12.2. The average molecular weight is 294 g/mol. The highest BCUT2D eigenvalue weighted by molar-refractivity contribution is 6.25. The summed E-state index contributed by atoms with van der Waals surface area (Å²) in [6.45, 7) is 0.646. The minimum atomic E-state index is 0.0514. The van der Waals surface area contributed by atoms with Crippen molar-refractivity contribution in [3.05, 3.63) is 63.2 Å². The quantitative estimate of drug-likeness (QED) is 0.320. The summed E-state index contributed by atoms with van der Waals surface area (Å²) in [5.74, 6) is 0. The first-order valence-electron chi connectivity index (χ1n) is 5.82. The Hall–Kier alpha value is -2.21. The Bertz CT molecular complexity index is 524. The number of hydrogen-bond acceptors (Lipinski definition) is 5. The molecule has 20 heavy (non-hydrogen) atoms.